The Morgan fingerprint density at radius 1 is 1.16 bits per heavy atom. The van der Waals surface area contributed by atoms with Gasteiger partial charge in [0.15, 0.2) is 0 Å². The highest BCUT2D eigenvalue weighted by molar-refractivity contribution is 6.29. The molecular formula is C15H18ClN3. The van der Waals surface area contributed by atoms with Gasteiger partial charge >= 0.3 is 0 Å². The van der Waals surface area contributed by atoms with Crippen LogP contribution in [0.5, 0.6) is 0 Å². The maximum absolute atomic E-state index is 9.00. The number of halogens is 1. The summed E-state index contributed by atoms with van der Waals surface area (Å²) in [6.07, 6.45) is 8.09. The van der Waals surface area contributed by atoms with Crippen LogP contribution in [0.4, 0.5) is 5.82 Å². The summed E-state index contributed by atoms with van der Waals surface area (Å²) in [7, 11) is 0. The van der Waals surface area contributed by atoms with Gasteiger partial charge in [-0.05, 0) is 43.2 Å². The molecule has 0 atom stereocenters. The van der Waals surface area contributed by atoms with Crippen LogP contribution in [0, 0.1) is 16.7 Å². The Hall–Kier alpha value is -1.27. The van der Waals surface area contributed by atoms with E-state index in [-0.39, 0.29) is 0 Å². The third-order valence-corrected chi connectivity index (χ3v) is 4.92. The second-order valence-electron chi connectivity index (χ2n) is 5.84. The number of aromatic nitrogens is 1. The molecule has 2 heterocycles. The molecule has 0 unspecified atom stereocenters. The summed E-state index contributed by atoms with van der Waals surface area (Å²) in [4.78, 5) is 6.63. The molecule has 0 bridgehead atoms. The predicted molar refractivity (Wildman–Crippen MR) is 76.3 cm³/mol. The second kappa shape index (κ2) is 5.02. The molecule has 3 nitrogen and oxygen atoms in total. The van der Waals surface area contributed by atoms with Gasteiger partial charge in [-0.3, -0.25) is 0 Å². The first-order chi connectivity index (χ1) is 9.21. The minimum Gasteiger partial charge on any atom is -0.356 e. The van der Waals surface area contributed by atoms with Crippen molar-refractivity contribution in [2.75, 3.05) is 18.0 Å². The van der Waals surface area contributed by atoms with Crippen LogP contribution in [0.1, 0.15) is 44.1 Å². The largest absolute Gasteiger partial charge is 0.356 e. The van der Waals surface area contributed by atoms with E-state index in [9.17, 15) is 0 Å². The summed E-state index contributed by atoms with van der Waals surface area (Å²) in [5, 5.41) is 9.41. The molecule has 0 amide bonds. The van der Waals surface area contributed by atoms with E-state index in [0.717, 1.165) is 18.9 Å². The van der Waals surface area contributed by atoms with Crippen LogP contribution in [0.2, 0.25) is 5.15 Å². The lowest BCUT2D eigenvalue weighted by Crippen LogP contribution is -2.39. The topological polar surface area (TPSA) is 39.9 Å². The molecule has 2 aliphatic rings. The number of nitrogens with zero attached hydrogens (tertiary/aromatic N) is 3. The lowest BCUT2D eigenvalue weighted by atomic mass is 9.77. The van der Waals surface area contributed by atoms with Crippen LogP contribution in [-0.2, 0) is 0 Å². The number of rotatable bonds is 1. The van der Waals surface area contributed by atoms with Crippen molar-refractivity contribution >= 4 is 17.4 Å². The van der Waals surface area contributed by atoms with E-state index in [1.165, 1.54) is 38.5 Å². The van der Waals surface area contributed by atoms with Crippen LogP contribution in [0.25, 0.3) is 0 Å². The molecule has 1 spiro atoms. The average molecular weight is 276 g/mol. The zero-order valence-electron chi connectivity index (χ0n) is 11.0. The molecule has 100 valence electrons. The highest BCUT2D eigenvalue weighted by Gasteiger charge is 2.37. The number of anilines is 1. The van der Waals surface area contributed by atoms with E-state index in [1.54, 1.807) is 6.07 Å². The van der Waals surface area contributed by atoms with Gasteiger partial charge < -0.3 is 4.90 Å². The molecule has 19 heavy (non-hydrogen) atoms. The Labute approximate surface area is 119 Å². The second-order valence-corrected chi connectivity index (χ2v) is 6.23. The molecule has 0 N–H and O–H groups in total. The summed E-state index contributed by atoms with van der Waals surface area (Å²) in [5.74, 6) is 0.858. The van der Waals surface area contributed by atoms with E-state index in [2.05, 4.69) is 16.0 Å². The SMILES string of the molecule is N#Cc1cc(Cl)nc(N2CCC3(CCCC3)CC2)c1. The molecule has 3 rings (SSSR count). The highest BCUT2D eigenvalue weighted by atomic mass is 35.5. The Balaban J connectivity index is 1.74. The van der Waals surface area contributed by atoms with Gasteiger partial charge in [0.05, 0.1) is 11.6 Å². The van der Waals surface area contributed by atoms with Crippen molar-refractivity contribution in [3.05, 3.63) is 22.8 Å². The fourth-order valence-corrected chi connectivity index (χ4v) is 3.75. The molecule has 1 aromatic heterocycles. The fraction of sp³-hybridized carbons (Fsp3) is 0.600. The number of hydrogen-bond acceptors (Lipinski definition) is 3. The lowest BCUT2D eigenvalue weighted by Gasteiger charge is -2.40. The van der Waals surface area contributed by atoms with Crippen molar-refractivity contribution in [1.29, 1.82) is 5.26 Å². The van der Waals surface area contributed by atoms with Gasteiger partial charge in [0.25, 0.3) is 0 Å². The van der Waals surface area contributed by atoms with Gasteiger partial charge in [-0.25, -0.2) is 4.98 Å². The predicted octanol–water partition coefficient (Wildman–Crippen LogP) is 3.77. The minimum atomic E-state index is 0.412. The molecule has 0 radical (unpaired) electrons. The summed E-state index contributed by atoms with van der Waals surface area (Å²) in [6.45, 7) is 2.08. The number of hydrogen-bond donors (Lipinski definition) is 0. The van der Waals surface area contributed by atoms with Crippen molar-refractivity contribution in [2.45, 2.75) is 38.5 Å². The molecule has 1 aliphatic carbocycles. The van der Waals surface area contributed by atoms with Crippen LogP contribution >= 0.6 is 11.6 Å². The Bertz CT molecular complexity index is 505. The van der Waals surface area contributed by atoms with Crippen molar-refractivity contribution in [2.24, 2.45) is 5.41 Å². The molecule has 4 heteroatoms. The van der Waals surface area contributed by atoms with E-state index in [1.807, 2.05) is 6.07 Å². The monoisotopic (exact) mass is 275 g/mol. The first-order valence-electron chi connectivity index (χ1n) is 7.03. The van der Waals surface area contributed by atoms with Crippen molar-refractivity contribution in [3.8, 4) is 6.07 Å². The molecule has 1 aliphatic heterocycles. The fourth-order valence-electron chi connectivity index (χ4n) is 3.54. The van der Waals surface area contributed by atoms with Gasteiger partial charge in [-0.15, -0.1) is 0 Å². The first-order valence-corrected chi connectivity index (χ1v) is 7.41. The van der Waals surface area contributed by atoms with Gasteiger partial charge in [-0.1, -0.05) is 24.4 Å². The Morgan fingerprint density at radius 2 is 1.84 bits per heavy atom. The maximum atomic E-state index is 9.00. The quantitative estimate of drug-likeness (QED) is 0.733. The van der Waals surface area contributed by atoms with E-state index in [0.29, 0.717) is 16.1 Å². The number of pyridine rings is 1. The van der Waals surface area contributed by atoms with Crippen LogP contribution in [-0.4, -0.2) is 18.1 Å². The van der Waals surface area contributed by atoms with Crippen molar-refractivity contribution in [3.63, 3.8) is 0 Å². The lowest BCUT2D eigenvalue weighted by molar-refractivity contribution is 0.226. The number of nitriles is 1. The standard InChI is InChI=1S/C15H18ClN3/c16-13-9-12(11-17)10-14(18-13)19-7-5-15(6-8-19)3-1-2-4-15/h9-10H,1-8H2. The zero-order chi connectivity index (χ0) is 13.3. The first kappa shape index (κ1) is 12.7. The third kappa shape index (κ3) is 2.55. The Morgan fingerprint density at radius 3 is 2.47 bits per heavy atom. The molecule has 1 saturated carbocycles. The molecular weight excluding hydrogens is 258 g/mol. The summed E-state index contributed by atoms with van der Waals surface area (Å²) >= 11 is 5.98. The third-order valence-electron chi connectivity index (χ3n) is 4.72. The van der Waals surface area contributed by atoms with E-state index in [4.69, 9.17) is 16.9 Å². The summed E-state index contributed by atoms with van der Waals surface area (Å²) < 4.78 is 0. The van der Waals surface area contributed by atoms with E-state index < -0.39 is 0 Å². The van der Waals surface area contributed by atoms with Crippen LogP contribution in [0.3, 0.4) is 0 Å². The van der Waals surface area contributed by atoms with Gasteiger partial charge in [0.1, 0.15) is 11.0 Å². The smallest absolute Gasteiger partial charge is 0.132 e. The van der Waals surface area contributed by atoms with Crippen molar-refractivity contribution < 1.29 is 0 Å². The molecule has 1 aromatic rings. The van der Waals surface area contributed by atoms with Crippen LogP contribution in [0.15, 0.2) is 12.1 Å². The Kier molecular flexibility index (Phi) is 3.36. The summed E-state index contributed by atoms with van der Waals surface area (Å²) in [5.41, 5.74) is 1.20. The van der Waals surface area contributed by atoms with Gasteiger partial charge in [-0.2, -0.15) is 5.26 Å². The van der Waals surface area contributed by atoms with E-state index >= 15 is 0 Å². The van der Waals surface area contributed by atoms with Gasteiger partial charge in [0, 0.05) is 13.1 Å². The van der Waals surface area contributed by atoms with Gasteiger partial charge in [0.2, 0.25) is 0 Å². The normalized spacial score (nSPS) is 21.6. The average Bonchev–Trinajstić information content (AvgIpc) is 2.87. The number of piperidine rings is 1. The highest BCUT2D eigenvalue weighted by Crippen LogP contribution is 2.46. The maximum Gasteiger partial charge on any atom is 0.132 e. The molecule has 0 aromatic carbocycles. The minimum absolute atomic E-state index is 0.412. The zero-order valence-corrected chi connectivity index (χ0v) is 11.8. The van der Waals surface area contributed by atoms with Crippen LogP contribution < -0.4 is 4.90 Å². The van der Waals surface area contributed by atoms with Crippen molar-refractivity contribution in [1.82, 2.24) is 4.98 Å². The summed E-state index contributed by atoms with van der Waals surface area (Å²) in [6, 6.07) is 5.61. The molecule has 2 fully saturated rings. The molecule has 1 saturated heterocycles.